The average Bonchev–Trinajstić information content (AvgIpc) is 2.81. The lowest BCUT2D eigenvalue weighted by atomic mass is 9.99. The Bertz CT molecular complexity index is 467. The van der Waals surface area contributed by atoms with Crippen LogP contribution in [0.4, 0.5) is 5.69 Å². The summed E-state index contributed by atoms with van der Waals surface area (Å²) in [6, 6.07) is 5.82. The first-order valence-corrected chi connectivity index (χ1v) is 6.24. The van der Waals surface area contributed by atoms with Crippen LogP contribution in [0.2, 0.25) is 0 Å². The van der Waals surface area contributed by atoms with Gasteiger partial charge in [-0.15, -0.1) is 0 Å². The Kier molecular flexibility index (Phi) is 4.07. The fourth-order valence-corrected chi connectivity index (χ4v) is 2.22. The van der Waals surface area contributed by atoms with E-state index in [0.717, 1.165) is 11.1 Å². The van der Waals surface area contributed by atoms with Crippen molar-refractivity contribution in [2.24, 2.45) is 0 Å². The maximum atomic E-state index is 11.5. The molecule has 0 bridgehead atoms. The Morgan fingerprint density at radius 1 is 1.42 bits per heavy atom. The second-order valence-electron chi connectivity index (χ2n) is 4.74. The molecule has 0 atom stereocenters. The minimum Gasteiger partial charge on any atom is -0.469 e. The van der Waals surface area contributed by atoms with Gasteiger partial charge in [-0.05, 0) is 24.1 Å². The van der Waals surface area contributed by atoms with Gasteiger partial charge in [-0.1, -0.05) is 12.1 Å². The third kappa shape index (κ3) is 3.24. The zero-order chi connectivity index (χ0) is 13.9. The van der Waals surface area contributed by atoms with Crippen LogP contribution in [-0.2, 0) is 25.4 Å². The van der Waals surface area contributed by atoms with Crippen LogP contribution in [0.5, 0.6) is 0 Å². The molecule has 19 heavy (non-hydrogen) atoms. The first kappa shape index (κ1) is 13.8. The van der Waals surface area contributed by atoms with Gasteiger partial charge < -0.3 is 19.9 Å². The number of methoxy groups -OCH3 is 1. The highest BCUT2D eigenvalue weighted by Gasteiger charge is 2.39. The van der Waals surface area contributed by atoms with E-state index in [-0.39, 0.29) is 12.4 Å². The van der Waals surface area contributed by atoms with Crippen molar-refractivity contribution in [1.82, 2.24) is 0 Å². The standard InChI is InChI=1S/C14H19NO4/c1-10-3-4-11(12(15)7-10)8-14(9-13(16)17-2)18-5-6-19-14/h3-4,7H,5-6,8-9,15H2,1-2H3. The topological polar surface area (TPSA) is 70.8 Å². The molecule has 1 heterocycles. The number of carbonyl (C=O) groups is 1. The number of nitrogens with two attached hydrogens (primary N) is 1. The molecule has 2 rings (SSSR count). The molecule has 1 saturated heterocycles. The smallest absolute Gasteiger partial charge is 0.311 e. The molecule has 0 spiro atoms. The van der Waals surface area contributed by atoms with Crippen molar-refractivity contribution in [2.75, 3.05) is 26.1 Å². The molecule has 0 amide bonds. The van der Waals surface area contributed by atoms with Crippen LogP contribution >= 0.6 is 0 Å². The SMILES string of the molecule is COC(=O)CC1(Cc2ccc(C)cc2N)OCCO1. The zero-order valence-corrected chi connectivity index (χ0v) is 11.3. The maximum Gasteiger partial charge on any atom is 0.311 e. The van der Waals surface area contributed by atoms with Crippen molar-refractivity contribution in [3.05, 3.63) is 29.3 Å². The first-order valence-electron chi connectivity index (χ1n) is 6.24. The van der Waals surface area contributed by atoms with E-state index in [2.05, 4.69) is 0 Å². The van der Waals surface area contributed by atoms with Gasteiger partial charge >= 0.3 is 5.97 Å². The predicted octanol–water partition coefficient (Wildman–Crippen LogP) is 1.43. The summed E-state index contributed by atoms with van der Waals surface area (Å²) in [5.41, 5.74) is 8.69. The van der Waals surface area contributed by atoms with E-state index < -0.39 is 5.79 Å². The van der Waals surface area contributed by atoms with Gasteiger partial charge in [0.25, 0.3) is 0 Å². The highest BCUT2D eigenvalue weighted by atomic mass is 16.7. The van der Waals surface area contributed by atoms with E-state index in [1.165, 1.54) is 7.11 Å². The number of nitrogen functional groups attached to an aromatic ring is 1. The lowest BCUT2D eigenvalue weighted by Crippen LogP contribution is -2.36. The van der Waals surface area contributed by atoms with Crippen molar-refractivity contribution in [3.8, 4) is 0 Å². The number of aryl methyl sites for hydroxylation is 1. The van der Waals surface area contributed by atoms with Crippen molar-refractivity contribution < 1.29 is 19.0 Å². The van der Waals surface area contributed by atoms with Crippen LogP contribution < -0.4 is 5.73 Å². The Morgan fingerprint density at radius 2 is 2.11 bits per heavy atom. The maximum absolute atomic E-state index is 11.5. The second kappa shape index (κ2) is 5.59. The van der Waals surface area contributed by atoms with Gasteiger partial charge in [-0.3, -0.25) is 4.79 Å². The molecule has 104 valence electrons. The zero-order valence-electron chi connectivity index (χ0n) is 11.3. The van der Waals surface area contributed by atoms with Gasteiger partial charge in [-0.2, -0.15) is 0 Å². The highest BCUT2D eigenvalue weighted by molar-refractivity contribution is 5.70. The van der Waals surface area contributed by atoms with E-state index in [4.69, 9.17) is 19.9 Å². The molecule has 0 aromatic heterocycles. The summed E-state index contributed by atoms with van der Waals surface area (Å²) in [5.74, 6) is -1.30. The van der Waals surface area contributed by atoms with Crippen LogP contribution in [-0.4, -0.2) is 32.1 Å². The number of hydrogen-bond donors (Lipinski definition) is 1. The fraction of sp³-hybridized carbons (Fsp3) is 0.500. The van der Waals surface area contributed by atoms with Gasteiger partial charge in [0, 0.05) is 12.1 Å². The number of rotatable bonds is 4. The molecule has 1 aromatic carbocycles. The summed E-state index contributed by atoms with van der Waals surface area (Å²) in [4.78, 5) is 11.5. The van der Waals surface area contributed by atoms with Crippen molar-refractivity contribution in [2.45, 2.75) is 25.6 Å². The van der Waals surface area contributed by atoms with Crippen LogP contribution in [0.3, 0.4) is 0 Å². The first-order chi connectivity index (χ1) is 9.04. The number of esters is 1. The summed E-state index contributed by atoms with van der Waals surface area (Å²) in [6.07, 6.45) is 0.505. The Morgan fingerprint density at radius 3 is 2.68 bits per heavy atom. The molecule has 0 unspecified atom stereocenters. The van der Waals surface area contributed by atoms with E-state index >= 15 is 0 Å². The Balaban J connectivity index is 2.18. The third-order valence-electron chi connectivity index (χ3n) is 3.22. The van der Waals surface area contributed by atoms with Gasteiger partial charge in [0.15, 0.2) is 5.79 Å². The number of carbonyl (C=O) groups excluding carboxylic acids is 1. The molecule has 5 nitrogen and oxygen atoms in total. The van der Waals surface area contributed by atoms with Crippen molar-refractivity contribution in [1.29, 1.82) is 0 Å². The predicted molar refractivity (Wildman–Crippen MR) is 70.6 cm³/mol. The fourth-order valence-electron chi connectivity index (χ4n) is 2.22. The largest absolute Gasteiger partial charge is 0.469 e. The molecule has 2 N–H and O–H groups in total. The highest BCUT2D eigenvalue weighted by Crippen LogP contribution is 2.30. The summed E-state index contributed by atoms with van der Waals surface area (Å²) in [6.45, 7) is 2.93. The van der Waals surface area contributed by atoms with E-state index in [0.29, 0.717) is 25.3 Å². The lowest BCUT2D eigenvalue weighted by molar-refractivity contribution is -0.180. The number of ether oxygens (including phenoxy) is 3. The van der Waals surface area contributed by atoms with Crippen LogP contribution in [0.1, 0.15) is 17.5 Å². The molecule has 1 fully saturated rings. The third-order valence-corrected chi connectivity index (χ3v) is 3.22. The number of benzene rings is 1. The molecule has 1 aliphatic rings. The lowest BCUT2D eigenvalue weighted by Gasteiger charge is -2.27. The van der Waals surface area contributed by atoms with Crippen LogP contribution in [0.15, 0.2) is 18.2 Å². The normalized spacial score (nSPS) is 17.4. The van der Waals surface area contributed by atoms with Gasteiger partial charge in [0.05, 0.1) is 26.7 Å². The summed E-state index contributed by atoms with van der Waals surface area (Å²) in [7, 11) is 1.35. The molecular formula is C14H19NO4. The van der Waals surface area contributed by atoms with Gasteiger partial charge in [0.2, 0.25) is 0 Å². The van der Waals surface area contributed by atoms with E-state index in [9.17, 15) is 4.79 Å². The molecule has 0 saturated carbocycles. The van der Waals surface area contributed by atoms with Gasteiger partial charge in [-0.25, -0.2) is 0 Å². The second-order valence-corrected chi connectivity index (χ2v) is 4.74. The van der Waals surface area contributed by atoms with Crippen molar-refractivity contribution >= 4 is 11.7 Å². The summed E-state index contributed by atoms with van der Waals surface area (Å²) < 4.78 is 15.9. The number of hydrogen-bond acceptors (Lipinski definition) is 5. The van der Waals surface area contributed by atoms with Crippen LogP contribution in [0.25, 0.3) is 0 Å². The molecule has 5 heteroatoms. The van der Waals surface area contributed by atoms with Crippen LogP contribution in [0, 0.1) is 6.92 Å². The minimum atomic E-state index is -0.948. The molecule has 1 aromatic rings. The van der Waals surface area contributed by atoms with Crippen molar-refractivity contribution in [3.63, 3.8) is 0 Å². The molecule has 1 aliphatic heterocycles. The Labute approximate surface area is 112 Å². The Hall–Kier alpha value is -1.59. The summed E-state index contributed by atoms with van der Waals surface area (Å²) >= 11 is 0. The minimum absolute atomic E-state index is 0.0663. The summed E-state index contributed by atoms with van der Waals surface area (Å²) in [5, 5.41) is 0. The monoisotopic (exact) mass is 265 g/mol. The average molecular weight is 265 g/mol. The molecule has 0 radical (unpaired) electrons. The molecular weight excluding hydrogens is 246 g/mol. The number of anilines is 1. The van der Waals surface area contributed by atoms with E-state index in [1.807, 2.05) is 25.1 Å². The quantitative estimate of drug-likeness (QED) is 0.658. The molecule has 0 aliphatic carbocycles. The van der Waals surface area contributed by atoms with E-state index in [1.54, 1.807) is 0 Å². The van der Waals surface area contributed by atoms with Gasteiger partial charge in [0.1, 0.15) is 0 Å².